The van der Waals surface area contributed by atoms with Crippen LogP contribution in [-0.2, 0) is 0 Å². The SMILES string of the molecule is OB(O)c1cncc(C2CC2)c1Cl. The molecule has 1 heterocycles. The van der Waals surface area contributed by atoms with Crippen molar-refractivity contribution in [3.05, 3.63) is 23.0 Å². The summed E-state index contributed by atoms with van der Waals surface area (Å²) in [7, 11) is -1.53. The Morgan fingerprint density at radius 1 is 1.38 bits per heavy atom. The molecule has 2 rings (SSSR count). The zero-order valence-corrected chi connectivity index (χ0v) is 7.70. The molecule has 1 aromatic rings. The Hall–Kier alpha value is -0.575. The van der Waals surface area contributed by atoms with Gasteiger partial charge in [0.1, 0.15) is 0 Å². The average Bonchev–Trinajstić information content (AvgIpc) is 2.87. The van der Waals surface area contributed by atoms with Gasteiger partial charge < -0.3 is 10.0 Å². The van der Waals surface area contributed by atoms with Gasteiger partial charge in [0.2, 0.25) is 0 Å². The van der Waals surface area contributed by atoms with Gasteiger partial charge >= 0.3 is 7.12 Å². The van der Waals surface area contributed by atoms with Crippen LogP contribution in [-0.4, -0.2) is 22.2 Å². The summed E-state index contributed by atoms with van der Waals surface area (Å²) in [6.07, 6.45) is 5.32. The highest BCUT2D eigenvalue weighted by atomic mass is 35.5. The Bertz CT molecular complexity index is 308. The van der Waals surface area contributed by atoms with Crippen molar-refractivity contribution in [3.63, 3.8) is 0 Å². The third kappa shape index (κ3) is 1.70. The molecule has 2 N–H and O–H groups in total. The summed E-state index contributed by atoms with van der Waals surface area (Å²) >= 11 is 5.98. The van der Waals surface area contributed by atoms with Crippen molar-refractivity contribution in [1.29, 1.82) is 0 Å². The number of nitrogens with zero attached hydrogens (tertiary/aromatic N) is 1. The van der Waals surface area contributed by atoms with Gasteiger partial charge in [-0.25, -0.2) is 0 Å². The first-order valence-corrected chi connectivity index (χ1v) is 4.57. The van der Waals surface area contributed by atoms with E-state index in [1.54, 1.807) is 6.20 Å². The number of hydrogen-bond acceptors (Lipinski definition) is 3. The van der Waals surface area contributed by atoms with Crippen LogP contribution in [0.25, 0.3) is 0 Å². The summed E-state index contributed by atoms with van der Waals surface area (Å²) in [4.78, 5) is 3.92. The van der Waals surface area contributed by atoms with Crippen LogP contribution in [0.3, 0.4) is 0 Å². The fourth-order valence-electron chi connectivity index (χ4n) is 1.34. The first kappa shape index (κ1) is 9.00. The van der Waals surface area contributed by atoms with Crippen molar-refractivity contribution in [2.45, 2.75) is 18.8 Å². The van der Waals surface area contributed by atoms with E-state index in [1.807, 2.05) is 0 Å². The van der Waals surface area contributed by atoms with E-state index in [4.69, 9.17) is 21.6 Å². The Morgan fingerprint density at radius 3 is 2.62 bits per heavy atom. The van der Waals surface area contributed by atoms with Gasteiger partial charge in [0, 0.05) is 22.9 Å². The third-order valence-corrected chi connectivity index (χ3v) is 2.67. The smallest absolute Gasteiger partial charge is 0.423 e. The normalized spacial score (nSPS) is 15.9. The summed E-state index contributed by atoms with van der Waals surface area (Å²) in [5.74, 6) is 0.471. The second-order valence-electron chi connectivity index (χ2n) is 3.28. The van der Waals surface area contributed by atoms with Crippen molar-refractivity contribution < 1.29 is 10.0 Å². The van der Waals surface area contributed by atoms with Gasteiger partial charge in [0.05, 0.1) is 0 Å². The molecule has 0 atom stereocenters. The number of pyridine rings is 1. The van der Waals surface area contributed by atoms with Crippen LogP contribution in [0.2, 0.25) is 5.02 Å². The van der Waals surface area contributed by atoms with Crippen LogP contribution in [0, 0.1) is 0 Å². The van der Waals surface area contributed by atoms with Crippen LogP contribution in [0.15, 0.2) is 12.4 Å². The van der Waals surface area contributed by atoms with Gasteiger partial charge in [-0.15, -0.1) is 0 Å². The van der Waals surface area contributed by atoms with Gasteiger partial charge in [-0.2, -0.15) is 0 Å². The molecule has 68 valence electrons. The van der Waals surface area contributed by atoms with Crippen LogP contribution in [0.5, 0.6) is 0 Å². The van der Waals surface area contributed by atoms with E-state index in [2.05, 4.69) is 4.98 Å². The second-order valence-corrected chi connectivity index (χ2v) is 3.66. The fraction of sp³-hybridized carbons (Fsp3) is 0.375. The molecule has 0 saturated heterocycles. The van der Waals surface area contributed by atoms with Gasteiger partial charge in [0.25, 0.3) is 0 Å². The molecule has 13 heavy (non-hydrogen) atoms. The highest BCUT2D eigenvalue weighted by molar-refractivity contribution is 6.62. The lowest BCUT2D eigenvalue weighted by Gasteiger charge is -2.06. The van der Waals surface area contributed by atoms with Gasteiger partial charge in [-0.3, -0.25) is 4.98 Å². The van der Waals surface area contributed by atoms with Crippen molar-refractivity contribution >= 4 is 24.2 Å². The Morgan fingerprint density at radius 2 is 2.08 bits per heavy atom. The van der Waals surface area contributed by atoms with Crippen molar-refractivity contribution in [3.8, 4) is 0 Å². The Kier molecular flexibility index (Phi) is 2.28. The number of halogens is 1. The summed E-state index contributed by atoms with van der Waals surface area (Å²) < 4.78 is 0. The topological polar surface area (TPSA) is 53.4 Å². The lowest BCUT2D eigenvalue weighted by Crippen LogP contribution is -2.31. The van der Waals surface area contributed by atoms with E-state index in [9.17, 15) is 0 Å². The predicted octanol–water partition coefficient (Wildman–Crippen LogP) is 0.292. The van der Waals surface area contributed by atoms with E-state index < -0.39 is 7.12 Å². The minimum absolute atomic E-state index is 0.297. The molecule has 0 aromatic carbocycles. The molecule has 1 aromatic heterocycles. The van der Waals surface area contributed by atoms with E-state index in [1.165, 1.54) is 6.20 Å². The molecule has 1 aliphatic carbocycles. The van der Waals surface area contributed by atoms with Crippen molar-refractivity contribution in [2.24, 2.45) is 0 Å². The van der Waals surface area contributed by atoms with E-state index in [0.29, 0.717) is 16.4 Å². The molecule has 0 amide bonds. The third-order valence-electron chi connectivity index (χ3n) is 2.23. The molecule has 0 bridgehead atoms. The van der Waals surface area contributed by atoms with E-state index in [-0.39, 0.29) is 0 Å². The molecule has 3 nitrogen and oxygen atoms in total. The monoisotopic (exact) mass is 197 g/mol. The number of hydrogen-bond donors (Lipinski definition) is 2. The lowest BCUT2D eigenvalue weighted by atomic mass is 9.80. The minimum atomic E-state index is -1.53. The fourth-order valence-corrected chi connectivity index (χ4v) is 1.69. The maximum absolute atomic E-state index is 8.96. The van der Waals surface area contributed by atoms with E-state index in [0.717, 1.165) is 18.4 Å². The zero-order chi connectivity index (χ0) is 9.42. The molecule has 1 aliphatic rings. The molecular formula is C8H9BClNO2. The van der Waals surface area contributed by atoms with Crippen LogP contribution in [0.4, 0.5) is 0 Å². The van der Waals surface area contributed by atoms with Crippen molar-refractivity contribution in [2.75, 3.05) is 0 Å². The molecule has 0 radical (unpaired) electrons. The first-order chi connectivity index (χ1) is 6.20. The maximum atomic E-state index is 8.96. The standard InChI is InChI=1S/C8H9BClNO2/c10-8-6(5-1-2-5)3-11-4-7(8)9(12)13/h3-5,12-13H,1-2H2. The lowest BCUT2D eigenvalue weighted by molar-refractivity contribution is 0.425. The highest BCUT2D eigenvalue weighted by Crippen LogP contribution is 2.42. The van der Waals surface area contributed by atoms with Crippen LogP contribution in [0.1, 0.15) is 24.3 Å². The second kappa shape index (κ2) is 3.29. The Balaban J connectivity index is 2.41. The minimum Gasteiger partial charge on any atom is -0.423 e. The zero-order valence-electron chi connectivity index (χ0n) is 6.94. The number of rotatable bonds is 2. The summed E-state index contributed by atoms with van der Waals surface area (Å²) in [5.41, 5.74) is 1.23. The van der Waals surface area contributed by atoms with Crippen LogP contribution < -0.4 is 5.46 Å². The summed E-state index contributed by atoms with van der Waals surface area (Å²) in [5, 5.41) is 18.4. The quantitative estimate of drug-likeness (QED) is 0.670. The van der Waals surface area contributed by atoms with Gasteiger partial charge in [-0.1, -0.05) is 11.6 Å². The molecule has 0 spiro atoms. The Labute approximate surface area is 81.5 Å². The molecular weight excluding hydrogens is 188 g/mol. The molecule has 0 aliphatic heterocycles. The average molecular weight is 197 g/mol. The first-order valence-electron chi connectivity index (χ1n) is 4.19. The van der Waals surface area contributed by atoms with Crippen molar-refractivity contribution in [1.82, 2.24) is 4.98 Å². The molecule has 0 unspecified atom stereocenters. The summed E-state index contributed by atoms with van der Waals surface area (Å²) in [6.45, 7) is 0. The molecule has 1 saturated carbocycles. The molecule has 1 fully saturated rings. The van der Waals surface area contributed by atoms with E-state index >= 15 is 0 Å². The largest absolute Gasteiger partial charge is 0.491 e. The van der Waals surface area contributed by atoms with Gasteiger partial charge in [-0.05, 0) is 24.3 Å². The van der Waals surface area contributed by atoms with Crippen LogP contribution >= 0.6 is 11.6 Å². The highest BCUT2D eigenvalue weighted by Gasteiger charge is 2.28. The maximum Gasteiger partial charge on any atom is 0.491 e. The summed E-state index contributed by atoms with van der Waals surface area (Å²) in [6, 6.07) is 0. The van der Waals surface area contributed by atoms with Gasteiger partial charge in [0.15, 0.2) is 0 Å². The molecule has 5 heteroatoms. The predicted molar refractivity (Wildman–Crippen MR) is 51.0 cm³/mol. The number of aromatic nitrogens is 1.